The van der Waals surface area contributed by atoms with Gasteiger partial charge in [0.1, 0.15) is 0 Å². The van der Waals surface area contributed by atoms with E-state index in [-0.39, 0.29) is 6.10 Å². The highest BCUT2D eigenvalue weighted by atomic mass is 16.3. The van der Waals surface area contributed by atoms with E-state index in [0.29, 0.717) is 11.8 Å². The summed E-state index contributed by atoms with van der Waals surface area (Å²) in [5.41, 5.74) is 0. The quantitative estimate of drug-likeness (QED) is 0.652. The average molecular weight is 172 g/mol. The van der Waals surface area contributed by atoms with Crippen LogP contribution in [-0.2, 0) is 0 Å². The molecule has 0 amide bonds. The molecule has 12 heavy (non-hydrogen) atoms. The van der Waals surface area contributed by atoms with Crippen molar-refractivity contribution in [1.82, 2.24) is 0 Å². The second kappa shape index (κ2) is 6.47. The largest absolute Gasteiger partial charge is 0.393 e. The molecular formula is C11H24O. The molecule has 0 rings (SSSR count). The summed E-state index contributed by atoms with van der Waals surface area (Å²) in [5.74, 6) is 1.13. The third kappa shape index (κ3) is 4.10. The Bertz CT molecular complexity index is 99.2. The Hall–Kier alpha value is -0.0400. The van der Waals surface area contributed by atoms with Crippen molar-refractivity contribution in [2.75, 3.05) is 0 Å². The highest BCUT2D eigenvalue weighted by Gasteiger charge is 2.20. The van der Waals surface area contributed by atoms with E-state index in [9.17, 15) is 5.11 Å². The van der Waals surface area contributed by atoms with Gasteiger partial charge in [-0.3, -0.25) is 0 Å². The van der Waals surface area contributed by atoms with Crippen LogP contribution in [0.4, 0.5) is 0 Å². The lowest BCUT2D eigenvalue weighted by atomic mass is 9.85. The predicted molar refractivity (Wildman–Crippen MR) is 54.2 cm³/mol. The summed E-state index contributed by atoms with van der Waals surface area (Å²) in [5, 5.41) is 9.81. The summed E-state index contributed by atoms with van der Waals surface area (Å²) in [4.78, 5) is 0. The normalized spacial score (nSPS) is 16.5. The summed E-state index contributed by atoms with van der Waals surface area (Å²) in [7, 11) is 0. The maximum Gasteiger partial charge on any atom is 0.0570 e. The Morgan fingerprint density at radius 1 is 1.00 bits per heavy atom. The zero-order chi connectivity index (χ0) is 9.56. The van der Waals surface area contributed by atoms with Crippen LogP contribution in [0.15, 0.2) is 0 Å². The Kier molecular flexibility index (Phi) is 6.45. The van der Waals surface area contributed by atoms with E-state index in [0.717, 1.165) is 12.8 Å². The van der Waals surface area contributed by atoms with Gasteiger partial charge in [0.15, 0.2) is 0 Å². The van der Waals surface area contributed by atoms with Gasteiger partial charge in [0, 0.05) is 0 Å². The molecule has 0 radical (unpaired) electrons. The van der Waals surface area contributed by atoms with Crippen LogP contribution in [0.5, 0.6) is 0 Å². The van der Waals surface area contributed by atoms with E-state index in [1.54, 1.807) is 0 Å². The summed E-state index contributed by atoms with van der Waals surface area (Å²) >= 11 is 0. The lowest BCUT2D eigenvalue weighted by Gasteiger charge is -2.25. The van der Waals surface area contributed by atoms with Gasteiger partial charge in [-0.2, -0.15) is 0 Å². The average Bonchev–Trinajstić information content (AvgIpc) is 1.99. The molecule has 0 aromatic heterocycles. The molecule has 74 valence electrons. The predicted octanol–water partition coefficient (Wildman–Crippen LogP) is 3.22. The monoisotopic (exact) mass is 172 g/mol. The van der Waals surface area contributed by atoms with Crippen LogP contribution >= 0.6 is 0 Å². The van der Waals surface area contributed by atoms with Gasteiger partial charge >= 0.3 is 0 Å². The van der Waals surface area contributed by atoms with E-state index >= 15 is 0 Å². The van der Waals surface area contributed by atoms with Gasteiger partial charge in [0.05, 0.1) is 6.10 Å². The molecule has 0 aliphatic carbocycles. The van der Waals surface area contributed by atoms with Crippen molar-refractivity contribution in [3.63, 3.8) is 0 Å². The maximum atomic E-state index is 9.81. The van der Waals surface area contributed by atoms with Crippen LogP contribution in [0.2, 0.25) is 0 Å². The van der Waals surface area contributed by atoms with Gasteiger partial charge in [0.2, 0.25) is 0 Å². The van der Waals surface area contributed by atoms with Crippen molar-refractivity contribution in [3.8, 4) is 0 Å². The van der Waals surface area contributed by atoms with Crippen molar-refractivity contribution >= 4 is 0 Å². The molecule has 0 aliphatic rings. The Labute approximate surface area is 77.2 Å². The van der Waals surface area contributed by atoms with Crippen molar-refractivity contribution in [3.05, 3.63) is 0 Å². The molecule has 0 aromatic carbocycles. The lowest BCUT2D eigenvalue weighted by Crippen LogP contribution is -2.24. The van der Waals surface area contributed by atoms with Gasteiger partial charge in [-0.25, -0.2) is 0 Å². The first-order valence-electron chi connectivity index (χ1n) is 5.31. The summed E-state index contributed by atoms with van der Waals surface area (Å²) < 4.78 is 0. The van der Waals surface area contributed by atoms with Crippen LogP contribution in [0.3, 0.4) is 0 Å². The maximum absolute atomic E-state index is 9.81. The van der Waals surface area contributed by atoms with Gasteiger partial charge in [-0.15, -0.1) is 0 Å². The molecule has 0 aliphatic heterocycles. The first-order valence-corrected chi connectivity index (χ1v) is 5.31. The van der Waals surface area contributed by atoms with Crippen LogP contribution in [0, 0.1) is 11.8 Å². The van der Waals surface area contributed by atoms with Crippen molar-refractivity contribution in [2.45, 2.75) is 59.5 Å². The molecule has 1 heteroatoms. The highest BCUT2D eigenvalue weighted by molar-refractivity contribution is 4.71. The van der Waals surface area contributed by atoms with Crippen LogP contribution < -0.4 is 0 Å². The van der Waals surface area contributed by atoms with E-state index in [4.69, 9.17) is 0 Å². The molecule has 0 fully saturated rings. The topological polar surface area (TPSA) is 20.2 Å². The SMILES string of the molecule is CCCC(C(C)C)[C@@H](O)CCC. The molecule has 0 aromatic rings. The molecular weight excluding hydrogens is 148 g/mol. The third-order valence-corrected chi connectivity index (χ3v) is 2.56. The van der Waals surface area contributed by atoms with E-state index in [2.05, 4.69) is 27.7 Å². The minimum atomic E-state index is -0.0741. The second-order valence-corrected chi connectivity index (χ2v) is 4.05. The zero-order valence-corrected chi connectivity index (χ0v) is 9.01. The smallest absolute Gasteiger partial charge is 0.0570 e. The van der Waals surface area contributed by atoms with Crippen molar-refractivity contribution in [1.29, 1.82) is 0 Å². The molecule has 0 bridgehead atoms. The third-order valence-electron chi connectivity index (χ3n) is 2.56. The molecule has 0 spiro atoms. The van der Waals surface area contributed by atoms with Gasteiger partial charge in [-0.1, -0.05) is 40.5 Å². The fourth-order valence-corrected chi connectivity index (χ4v) is 1.81. The number of rotatable bonds is 6. The lowest BCUT2D eigenvalue weighted by molar-refractivity contribution is 0.0674. The number of aliphatic hydroxyl groups is 1. The number of hydrogen-bond donors (Lipinski definition) is 1. The minimum Gasteiger partial charge on any atom is -0.393 e. The summed E-state index contributed by atoms with van der Waals surface area (Å²) in [6, 6.07) is 0. The molecule has 1 nitrogen and oxygen atoms in total. The Balaban J connectivity index is 3.90. The summed E-state index contributed by atoms with van der Waals surface area (Å²) in [6.45, 7) is 8.74. The van der Waals surface area contributed by atoms with E-state index < -0.39 is 0 Å². The fraction of sp³-hybridized carbons (Fsp3) is 1.00. The molecule has 1 N–H and O–H groups in total. The summed E-state index contributed by atoms with van der Waals surface area (Å²) in [6.07, 6.45) is 4.33. The molecule has 0 saturated heterocycles. The van der Waals surface area contributed by atoms with E-state index in [1.165, 1.54) is 12.8 Å². The standard InChI is InChI=1S/C11H24O/c1-5-7-10(9(3)4)11(12)8-6-2/h9-12H,5-8H2,1-4H3/t10?,11-/m0/s1. The Morgan fingerprint density at radius 2 is 1.50 bits per heavy atom. The fourth-order valence-electron chi connectivity index (χ4n) is 1.81. The van der Waals surface area contributed by atoms with Crippen LogP contribution in [-0.4, -0.2) is 11.2 Å². The first kappa shape index (κ1) is 12.0. The van der Waals surface area contributed by atoms with Gasteiger partial charge in [-0.05, 0) is 24.7 Å². The molecule has 0 saturated carbocycles. The second-order valence-electron chi connectivity index (χ2n) is 4.05. The minimum absolute atomic E-state index is 0.0741. The van der Waals surface area contributed by atoms with Gasteiger partial charge in [0.25, 0.3) is 0 Å². The molecule has 2 atom stereocenters. The van der Waals surface area contributed by atoms with Gasteiger partial charge < -0.3 is 5.11 Å². The molecule has 1 unspecified atom stereocenters. The van der Waals surface area contributed by atoms with Crippen molar-refractivity contribution in [2.24, 2.45) is 11.8 Å². The van der Waals surface area contributed by atoms with Crippen LogP contribution in [0.25, 0.3) is 0 Å². The number of aliphatic hydroxyl groups excluding tert-OH is 1. The molecule has 0 heterocycles. The van der Waals surface area contributed by atoms with Crippen molar-refractivity contribution < 1.29 is 5.11 Å². The van der Waals surface area contributed by atoms with E-state index in [1.807, 2.05) is 0 Å². The Morgan fingerprint density at radius 3 is 1.83 bits per heavy atom. The highest BCUT2D eigenvalue weighted by Crippen LogP contribution is 2.23. The first-order chi connectivity index (χ1) is 5.63. The van der Waals surface area contributed by atoms with Crippen LogP contribution in [0.1, 0.15) is 53.4 Å². The number of hydrogen-bond acceptors (Lipinski definition) is 1. The zero-order valence-electron chi connectivity index (χ0n) is 9.01.